The Morgan fingerprint density at radius 1 is 1.27 bits per heavy atom. The fraction of sp³-hybridized carbons (Fsp3) is 0.538. The maximum atomic E-state index is 10.2. The van der Waals surface area contributed by atoms with Gasteiger partial charge in [0.05, 0.1) is 12.2 Å². The number of hydrogen-bond acceptors (Lipinski definition) is 2. The van der Waals surface area contributed by atoms with E-state index in [1.807, 2.05) is 52.0 Å². The van der Waals surface area contributed by atoms with Gasteiger partial charge in [0.2, 0.25) is 0 Å². The summed E-state index contributed by atoms with van der Waals surface area (Å²) in [7, 11) is 0. The molecule has 0 unspecified atom stereocenters. The molecule has 0 saturated heterocycles. The maximum absolute atomic E-state index is 10.2. The first-order valence-electron chi connectivity index (χ1n) is 5.44. The van der Waals surface area contributed by atoms with Gasteiger partial charge in [0.1, 0.15) is 5.75 Å². The summed E-state index contributed by atoms with van der Waals surface area (Å²) in [6.45, 7) is 8.48. The highest BCUT2D eigenvalue weighted by molar-refractivity contribution is 5.30. The van der Waals surface area contributed by atoms with Crippen molar-refractivity contribution in [3.8, 4) is 5.75 Å². The molecule has 1 rings (SSSR count). The fourth-order valence-corrected chi connectivity index (χ4v) is 1.39. The van der Waals surface area contributed by atoms with Crippen LogP contribution in [0.5, 0.6) is 5.75 Å². The van der Waals surface area contributed by atoms with Crippen LogP contribution in [0.2, 0.25) is 0 Å². The molecule has 0 aliphatic carbocycles. The summed E-state index contributed by atoms with van der Waals surface area (Å²) in [4.78, 5) is 0. The van der Waals surface area contributed by atoms with Crippen molar-refractivity contribution in [2.75, 3.05) is 6.61 Å². The predicted octanol–water partition coefficient (Wildman–Crippen LogP) is 2.95. The van der Waals surface area contributed by atoms with Crippen molar-refractivity contribution in [2.45, 2.75) is 33.3 Å². The third kappa shape index (κ3) is 2.72. The van der Waals surface area contributed by atoms with Gasteiger partial charge in [0, 0.05) is 0 Å². The average molecular weight is 208 g/mol. The van der Waals surface area contributed by atoms with E-state index in [4.69, 9.17) is 4.74 Å². The van der Waals surface area contributed by atoms with Crippen LogP contribution in [0.1, 0.15) is 33.3 Å². The van der Waals surface area contributed by atoms with Gasteiger partial charge in [0.15, 0.2) is 0 Å². The summed E-state index contributed by atoms with van der Waals surface area (Å²) in [6.07, 6.45) is 0. The Kier molecular flexibility index (Phi) is 3.75. The number of rotatable bonds is 4. The van der Waals surface area contributed by atoms with Crippen LogP contribution >= 0.6 is 0 Å². The lowest BCUT2D eigenvalue weighted by Crippen LogP contribution is -2.27. The van der Waals surface area contributed by atoms with Crippen LogP contribution in [0.15, 0.2) is 24.3 Å². The first kappa shape index (κ1) is 12.1. The zero-order valence-electron chi connectivity index (χ0n) is 9.95. The van der Waals surface area contributed by atoms with Crippen LogP contribution in [-0.4, -0.2) is 11.7 Å². The summed E-state index contributed by atoms with van der Waals surface area (Å²) in [5, 5.41) is 10.2. The van der Waals surface area contributed by atoms with E-state index in [0.29, 0.717) is 6.61 Å². The minimum atomic E-state index is -0.773. The molecule has 0 heterocycles. The molecular weight excluding hydrogens is 188 g/mol. The number of hydrogen-bond donors (Lipinski definition) is 1. The second kappa shape index (κ2) is 4.67. The van der Waals surface area contributed by atoms with Gasteiger partial charge in [-0.3, -0.25) is 0 Å². The van der Waals surface area contributed by atoms with Crippen molar-refractivity contribution in [2.24, 2.45) is 5.92 Å². The lowest BCUT2D eigenvalue weighted by atomic mass is 9.85. The Morgan fingerprint density at radius 2 is 1.80 bits per heavy atom. The van der Waals surface area contributed by atoms with Crippen LogP contribution in [0.3, 0.4) is 0 Å². The highest BCUT2D eigenvalue weighted by Gasteiger charge is 2.26. The lowest BCUT2D eigenvalue weighted by molar-refractivity contribution is 0.00901. The maximum Gasteiger partial charge on any atom is 0.119 e. The van der Waals surface area contributed by atoms with E-state index in [0.717, 1.165) is 11.3 Å². The minimum absolute atomic E-state index is 0.190. The van der Waals surface area contributed by atoms with Crippen LogP contribution in [0.25, 0.3) is 0 Å². The molecule has 0 bridgehead atoms. The summed E-state index contributed by atoms with van der Waals surface area (Å²) in [5.41, 5.74) is 0.158. The summed E-state index contributed by atoms with van der Waals surface area (Å²) in [5.74, 6) is 1.04. The van der Waals surface area contributed by atoms with Gasteiger partial charge in [-0.15, -0.1) is 0 Å². The van der Waals surface area contributed by atoms with E-state index in [1.54, 1.807) is 0 Å². The van der Waals surface area contributed by atoms with Gasteiger partial charge < -0.3 is 9.84 Å². The molecular formula is C13H20O2. The molecule has 0 saturated carbocycles. The Labute approximate surface area is 91.9 Å². The molecule has 0 aliphatic heterocycles. The van der Waals surface area contributed by atoms with Gasteiger partial charge in [-0.2, -0.15) is 0 Å². The first-order valence-corrected chi connectivity index (χ1v) is 5.44. The van der Waals surface area contributed by atoms with Crippen LogP contribution in [-0.2, 0) is 5.60 Å². The van der Waals surface area contributed by atoms with Crippen molar-refractivity contribution in [1.29, 1.82) is 0 Å². The molecule has 2 heteroatoms. The van der Waals surface area contributed by atoms with Gasteiger partial charge in [0.25, 0.3) is 0 Å². The van der Waals surface area contributed by atoms with Crippen molar-refractivity contribution >= 4 is 0 Å². The number of ether oxygens (including phenoxy) is 1. The van der Waals surface area contributed by atoms with Gasteiger partial charge in [-0.05, 0) is 37.5 Å². The zero-order chi connectivity index (χ0) is 11.5. The summed E-state index contributed by atoms with van der Waals surface area (Å²) < 4.78 is 5.35. The molecule has 1 N–H and O–H groups in total. The minimum Gasteiger partial charge on any atom is -0.494 e. The molecule has 0 aliphatic rings. The predicted molar refractivity (Wildman–Crippen MR) is 62.0 cm³/mol. The quantitative estimate of drug-likeness (QED) is 0.824. The van der Waals surface area contributed by atoms with Gasteiger partial charge >= 0.3 is 0 Å². The molecule has 1 aromatic carbocycles. The molecule has 0 spiro atoms. The average Bonchev–Trinajstić information content (AvgIpc) is 2.19. The normalized spacial score (nSPS) is 15.1. The third-order valence-corrected chi connectivity index (χ3v) is 2.87. The highest BCUT2D eigenvalue weighted by Crippen LogP contribution is 2.29. The Morgan fingerprint density at radius 3 is 2.20 bits per heavy atom. The van der Waals surface area contributed by atoms with Gasteiger partial charge in [-0.25, -0.2) is 0 Å². The van der Waals surface area contributed by atoms with E-state index < -0.39 is 5.60 Å². The highest BCUT2D eigenvalue weighted by atomic mass is 16.5. The summed E-state index contributed by atoms with van der Waals surface area (Å²) in [6, 6.07) is 7.64. The Hall–Kier alpha value is -1.02. The summed E-state index contributed by atoms with van der Waals surface area (Å²) >= 11 is 0. The second-order valence-corrected chi connectivity index (χ2v) is 4.26. The molecule has 1 atom stereocenters. The Balaban J connectivity index is 2.88. The fourth-order valence-electron chi connectivity index (χ4n) is 1.39. The topological polar surface area (TPSA) is 29.5 Å². The molecule has 0 radical (unpaired) electrons. The van der Waals surface area contributed by atoms with Crippen molar-refractivity contribution in [3.63, 3.8) is 0 Å². The van der Waals surface area contributed by atoms with Crippen LogP contribution < -0.4 is 4.74 Å². The lowest BCUT2D eigenvalue weighted by Gasteiger charge is -2.28. The van der Waals surface area contributed by atoms with E-state index in [1.165, 1.54) is 0 Å². The third-order valence-electron chi connectivity index (χ3n) is 2.87. The van der Waals surface area contributed by atoms with E-state index in [-0.39, 0.29) is 5.92 Å². The molecule has 84 valence electrons. The number of benzene rings is 1. The zero-order valence-corrected chi connectivity index (χ0v) is 9.95. The van der Waals surface area contributed by atoms with E-state index in [9.17, 15) is 5.11 Å². The largest absolute Gasteiger partial charge is 0.494 e. The Bertz CT molecular complexity index is 299. The van der Waals surface area contributed by atoms with Crippen molar-refractivity contribution < 1.29 is 9.84 Å². The van der Waals surface area contributed by atoms with Crippen molar-refractivity contribution in [3.05, 3.63) is 29.8 Å². The monoisotopic (exact) mass is 208 g/mol. The standard InChI is InChI=1S/C13H20O2/c1-5-15-12-8-6-11(7-9-12)13(4,14)10(2)3/h6-10,14H,5H2,1-4H3/t13-/m1/s1. The molecule has 15 heavy (non-hydrogen) atoms. The van der Waals surface area contributed by atoms with Crippen molar-refractivity contribution in [1.82, 2.24) is 0 Å². The smallest absolute Gasteiger partial charge is 0.119 e. The van der Waals surface area contributed by atoms with Crippen LogP contribution in [0, 0.1) is 5.92 Å². The number of aliphatic hydroxyl groups is 1. The molecule has 0 aromatic heterocycles. The van der Waals surface area contributed by atoms with Crippen LogP contribution in [0.4, 0.5) is 0 Å². The molecule has 0 fully saturated rings. The first-order chi connectivity index (χ1) is 6.98. The van der Waals surface area contributed by atoms with Gasteiger partial charge in [-0.1, -0.05) is 26.0 Å². The molecule has 0 amide bonds. The second-order valence-electron chi connectivity index (χ2n) is 4.26. The van der Waals surface area contributed by atoms with E-state index in [2.05, 4.69) is 0 Å². The molecule has 2 nitrogen and oxygen atoms in total. The SMILES string of the molecule is CCOc1ccc([C@](C)(O)C(C)C)cc1. The molecule has 1 aromatic rings. The van der Waals surface area contributed by atoms with E-state index >= 15 is 0 Å².